The first-order valence-electron chi connectivity index (χ1n) is 7.03. The number of hydrogen-bond donors (Lipinski definition) is 2. The summed E-state index contributed by atoms with van der Waals surface area (Å²) in [5.41, 5.74) is 8.69. The van der Waals surface area contributed by atoms with Gasteiger partial charge in [-0.2, -0.15) is 0 Å². The average Bonchev–Trinajstić information content (AvgIpc) is 2.37. The van der Waals surface area contributed by atoms with Crippen molar-refractivity contribution in [1.29, 1.82) is 0 Å². The minimum Gasteiger partial charge on any atom is -0.465 e. The highest BCUT2D eigenvalue weighted by Crippen LogP contribution is 2.25. The van der Waals surface area contributed by atoms with Gasteiger partial charge >= 0.3 is 5.97 Å². The Morgan fingerprint density at radius 2 is 2.00 bits per heavy atom. The molecule has 0 fully saturated rings. The number of benzene rings is 1. The molecule has 0 amide bonds. The Kier molecular flexibility index (Phi) is 5.61. The predicted octanol–water partition coefficient (Wildman–Crippen LogP) is 2.36. The molecule has 0 heterocycles. The zero-order valence-electron chi connectivity index (χ0n) is 13.9. The fraction of sp³-hybridized carbons (Fsp3) is 0.562. The van der Waals surface area contributed by atoms with Crippen LogP contribution in [0.2, 0.25) is 0 Å². The lowest BCUT2D eigenvalue weighted by Gasteiger charge is -2.29. The van der Waals surface area contributed by atoms with Crippen molar-refractivity contribution in [2.24, 2.45) is 5.41 Å². The largest absolute Gasteiger partial charge is 0.465 e. The Hall–Kier alpha value is -1.75. The van der Waals surface area contributed by atoms with Gasteiger partial charge in [-0.25, -0.2) is 4.79 Å². The lowest BCUT2D eigenvalue weighted by molar-refractivity contribution is 0.0602. The number of nitrogens with zero attached hydrogens (tertiary/aromatic N) is 1. The van der Waals surface area contributed by atoms with E-state index in [0.29, 0.717) is 11.3 Å². The van der Waals surface area contributed by atoms with Gasteiger partial charge in [-0.15, -0.1) is 0 Å². The van der Waals surface area contributed by atoms with Crippen molar-refractivity contribution in [1.82, 2.24) is 4.90 Å². The highest BCUT2D eigenvalue weighted by Gasteiger charge is 2.19. The summed E-state index contributed by atoms with van der Waals surface area (Å²) >= 11 is 0. The maximum atomic E-state index is 11.7. The van der Waals surface area contributed by atoms with Crippen molar-refractivity contribution >= 4 is 17.3 Å². The van der Waals surface area contributed by atoms with E-state index in [2.05, 4.69) is 38.2 Å². The number of carbonyl (C=O) groups excluding carboxylic acids is 1. The highest BCUT2D eigenvalue weighted by molar-refractivity contribution is 5.97. The smallest absolute Gasteiger partial charge is 0.340 e. The summed E-state index contributed by atoms with van der Waals surface area (Å²) in [7, 11) is 5.48. The van der Waals surface area contributed by atoms with E-state index in [9.17, 15) is 4.79 Å². The van der Waals surface area contributed by atoms with Crippen LogP contribution in [-0.4, -0.2) is 45.2 Å². The van der Waals surface area contributed by atoms with E-state index in [1.165, 1.54) is 7.11 Å². The van der Waals surface area contributed by atoms with Crippen LogP contribution in [0.25, 0.3) is 0 Å². The van der Waals surface area contributed by atoms with Crippen molar-refractivity contribution in [2.75, 3.05) is 45.3 Å². The quantitative estimate of drug-likeness (QED) is 0.622. The number of anilines is 2. The van der Waals surface area contributed by atoms with Gasteiger partial charge in [0.2, 0.25) is 0 Å². The molecule has 5 heteroatoms. The Morgan fingerprint density at radius 1 is 1.38 bits per heavy atom. The number of nitrogens with two attached hydrogens (primary N) is 1. The summed E-state index contributed by atoms with van der Waals surface area (Å²) < 4.78 is 4.77. The van der Waals surface area contributed by atoms with Crippen LogP contribution in [0.4, 0.5) is 11.4 Å². The standard InChI is InChI=1S/C16H27N3O2/c1-11-7-12(8-13(14(11)17)15(20)21-6)18-9-16(2,3)10-19(4)5/h7-8,18H,9-10,17H2,1-6H3. The maximum Gasteiger partial charge on any atom is 0.340 e. The fourth-order valence-electron chi connectivity index (χ4n) is 2.43. The molecular weight excluding hydrogens is 266 g/mol. The van der Waals surface area contributed by atoms with Crippen molar-refractivity contribution in [3.8, 4) is 0 Å². The van der Waals surface area contributed by atoms with E-state index in [-0.39, 0.29) is 5.41 Å². The summed E-state index contributed by atoms with van der Waals surface area (Å²) in [4.78, 5) is 13.9. The monoisotopic (exact) mass is 293 g/mol. The molecule has 0 aliphatic rings. The second kappa shape index (κ2) is 6.80. The molecule has 1 aromatic carbocycles. The molecule has 0 aliphatic heterocycles. The minimum atomic E-state index is -0.410. The third-order valence-electron chi connectivity index (χ3n) is 3.31. The number of carbonyl (C=O) groups is 1. The van der Waals surface area contributed by atoms with Crippen LogP contribution >= 0.6 is 0 Å². The lowest BCUT2D eigenvalue weighted by atomic mass is 9.92. The van der Waals surface area contributed by atoms with Crippen LogP contribution in [0.5, 0.6) is 0 Å². The average molecular weight is 293 g/mol. The van der Waals surface area contributed by atoms with Gasteiger partial charge < -0.3 is 20.7 Å². The van der Waals surface area contributed by atoms with E-state index in [0.717, 1.165) is 24.3 Å². The Morgan fingerprint density at radius 3 is 2.52 bits per heavy atom. The van der Waals surface area contributed by atoms with Crippen molar-refractivity contribution in [2.45, 2.75) is 20.8 Å². The summed E-state index contributed by atoms with van der Waals surface area (Å²) in [5.74, 6) is -0.410. The van der Waals surface area contributed by atoms with Gasteiger partial charge in [0.15, 0.2) is 0 Å². The first-order valence-corrected chi connectivity index (χ1v) is 7.03. The topological polar surface area (TPSA) is 67.6 Å². The number of nitrogens with one attached hydrogen (secondary N) is 1. The molecule has 0 atom stereocenters. The molecule has 0 aromatic heterocycles. The maximum absolute atomic E-state index is 11.7. The number of esters is 1. The molecule has 0 aliphatic carbocycles. The molecule has 1 aromatic rings. The van der Waals surface area contributed by atoms with Crippen LogP contribution in [0, 0.1) is 12.3 Å². The molecule has 118 valence electrons. The van der Waals surface area contributed by atoms with Crippen molar-refractivity contribution in [3.63, 3.8) is 0 Å². The third kappa shape index (κ3) is 4.93. The minimum absolute atomic E-state index is 0.115. The Bertz CT molecular complexity index is 510. The van der Waals surface area contributed by atoms with Gasteiger partial charge in [0.05, 0.1) is 12.7 Å². The molecule has 0 radical (unpaired) electrons. The van der Waals surface area contributed by atoms with Gasteiger partial charge in [0.1, 0.15) is 0 Å². The second-order valence-electron chi connectivity index (χ2n) is 6.50. The Balaban J connectivity index is 2.90. The summed E-state index contributed by atoms with van der Waals surface area (Å²) in [6.45, 7) is 8.06. The summed E-state index contributed by atoms with van der Waals surface area (Å²) in [6, 6.07) is 3.70. The summed E-state index contributed by atoms with van der Waals surface area (Å²) in [6.07, 6.45) is 0. The van der Waals surface area contributed by atoms with Crippen LogP contribution in [0.1, 0.15) is 29.8 Å². The number of ether oxygens (including phenoxy) is 1. The highest BCUT2D eigenvalue weighted by atomic mass is 16.5. The number of rotatable bonds is 6. The van der Waals surface area contributed by atoms with E-state index in [1.54, 1.807) is 6.07 Å². The van der Waals surface area contributed by atoms with Gasteiger partial charge in [0.25, 0.3) is 0 Å². The first-order chi connectivity index (χ1) is 9.66. The van der Waals surface area contributed by atoms with E-state index in [1.807, 2.05) is 13.0 Å². The molecular formula is C16H27N3O2. The normalized spacial score (nSPS) is 11.6. The van der Waals surface area contributed by atoms with Crippen LogP contribution in [-0.2, 0) is 4.74 Å². The predicted molar refractivity (Wildman–Crippen MR) is 87.8 cm³/mol. The zero-order valence-corrected chi connectivity index (χ0v) is 13.9. The molecule has 5 nitrogen and oxygen atoms in total. The fourth-order valence-corrected chi connectivity index (χ4v) is 2.43. The number of methoxy groups -OCH3 is 1. The molecule has 21 heavy (non-hydrogen) atoms. The van der Waals surface area contributed by atoms with E-state index < -0.39 is 5.97 Å². The van der Waals surface area contributed by atoms with Crippen LogP contribution in [0.15, 0.2) is 12.1 Å². The lowest BCUT2D eigenvalue weighted by Crippen LogP contribution is -2.34. The van der Waals surface area contributed by atoms with Crippen molar-refractivity contribution < 1.29 is 9.53 Å². The van der Waals surface area contributed by atoms with Gasteiger partial charge in [-0.3, -0.25) is 0 Å². The number of aryl methyl sites for hydroxylation is 1. The second-order valence-corrected chi connectivity index (χ2v) is 6.50. The molecule has 0 spiro atoms. The molecule has 0 saturated carbocycles. The number of hydrogen-bond acceptors (Lipinski definition) is 5. The van der Waals surface area contributed by atoms with Crippen molar-refractivity contribution in [3.05, 3.63) is 23.3 Å². The van der Waals surface area contributed by atoms with E-state index in [4.69, 9.17) is 10.5 Å². The Labute approximate surface area is 127 Å². The molecule has 0 unspecified atom stereocenters. The van der Waals surface area contributed by atoms with Crippen LogP contribution in [0.3, 0.4) is 0 Å². The third-order valence-corrected chi connectivity index (χ3v) is 3.31. The molecule has 3 N–H and O–H groups in total. The number of nitrogen functional groups attached to an aromatic ring is 1. The summed E-state index contributed by atoms with van der Waals surface area (Å²) in [5, 5.41) is 3.39. The molecule has 0 bridgehead atoms. The van der Waals surface area contributed by atoms with E-state index >= 15 is 0 Å². The molecule has 0 saturated heterocycles. The SMILES string of the molecule is COC(=O)c1cc(NCC(C)(C)CN(C)C)cc(C)c1N. The van der Waals surface area contributed by atoms with Crippen LogP contribution < -0.4 is 11.1 Å². The van der Waals surface area contributed by atoms with Gasteiger partial charge in [0, 0.05) is 24.5 Å². The first kappa shape index (κ1) is 17.3. The molecule has 1 rings (SSSR count). The van der Waals surface area contributed by atoms with Gasteiger partial charge in [-0.05, 0) is 44.1 Å². The van der Waals surface area contributed by atoms with Gasteiger partial charge in [-0.1, -0.05) is 13.8 Å². The zero-order chi connectivity index (χ0) is 16.2.